The Kier molecular flexibility index (Phi) is 6.98. The van der Waals surface area contributed by atoms with E-state index in [2.05, 4.69) is 9.97 Å². The number of anilines is 1. The second-order valence-corrected chi connectivity index (χ2v) is 9.58. The number of hydrogen-bond donors (Lipinski definition) is 1. The van der Waals surface area contributed by atoms with Crippen molar-refractivity contribution >= 4 is 56.1 Å². The average molecular weight is 550 g/mol. The van der Waals surface area contributed by atoms with Gasteiger partial charge in [0.15, 0.2) is 0 Å². The third kappa shape index (κ3) is 5.30. The number of fused-ring (bicyclic) bond motifs is 2. The molecule has 0 radical (unpaired) electrons. The van der Waals surface area contributed by atoms with Crippen LogP contribution in [0.25, 0.3) is 37.4 Å². The molecular weight excluding hydrogens is 531 g/mol. The lowest BCUT2D eigenvalue weighted by atomic mass is 10.2. The fourth-order valence-electron chi connectivity index (χ4n) is 3.58. The normalized spacial score (nSPS) is 11.4. The summed E-state index contributed by atoms with van der Waals surface area (Å²) < 4.78 is 36.0. The van der Waals surface area contributed by atoms with Crippen LogP contribution in [0.3, 0.4) is 0 Å². The number of aryl methyl sites for hydroxylation is 1. The zero-order valence-corrected chi connectivity index (χ0v) is 21.2. The van der Waals surface area contributed by atoms with Gasteiger partial charge in [-0.2, -0.15) is 13.2 Å². The Labute approximate surface area is 216 Å². The van der Waals surface area contributed by atoms with Gasteiger partial charge in [0.1, 0.15) is 11.0 Å². The number of alkyl halides is 3. The van der Waals surface area contributed by atoms with E-state index in [-0.39, 0.29) is 5.56 Å². The highest BCUT2D eigenvalue weighted by molar-refractivity contribution is 7.22. The molecule has 0 bridgehead atoms. The van der Waals surface area contributed by atoms with Gasteiger partial charge in [-0.3, -0.25) is 9.36 Å². The first-order chi connectivity index (χ1) is 17.4. The Morgan fingerprint density at radius 3 is 2.32 bits per heavy atom. The van der Waals surface area contributed by atoms with Crippen molar-refractivity contribution in [1.29, 1.82) is 0 Å². The minimum Gasteiger partial charge on any atom is -0.475 e. The number of carboxylic acid groups (broad SMARTS) is 1. The van der Waals surface area contributed by atoms with Gasteiger partial charge in [0.25, 0.3) is 5.56 Å². The number of carboxylic acids is 1. The molecule has 0 atom stereocenters. The lowest BCUT2D eigenvalue weighted by molar-refractivity contribution is -0.192. The predicted molar refractivity (Wildman–Crippen MR) is 138 cm³/mol. The molecule has 8 nitrogen and oxygen atoms in total. The predicted octanol–water partition coefficient (Wildman–Crippen LogP) is 5.35. The Morgan fingerprint density at radius 1 is 1.08 bits per heavy atom. The van der Waals surface area contributed by atoms with Gasteiger partial charge in [-0.15, -0.1) is 11.3 Å². The number of imidazole rings is 1. The van der Waals surface area contributed by atoms with E-state index in [9.17, 15) is 18.0 Å². The zero-order chi connectivity index (χ0) is 27.1. The molecule has 0 aliphatic heterocycles. The first-order valence-corrected chi connectivity index (χ1v) is 11.8. The molecule has 0 spiro atoms. The van der Waals surface area contributed by atoms with Crippen LogP contribution in [-0.4, -0.2) is 50.4 Å². The minimum absolute atomic E-state index is 0.0895. The van der Waals surface area contributed by atoms with Crippen LogP contribution < -0.4 is 10.5 Å². The molecular formula is C24H19ClF3N5O3S. The maximum absolute atomic E-state index is 13.2. The maximum Gasteiger partial charge on any atom is 0.490 e. The molecule has 0 amide bonds. The van der Waals surface area contributed by atoms with E-state index in [1.165, 1.54) is 11.3 Å². The quantitative estimate of drug-likeness (QED) is 0.326. The van der Waals surface area contributed by atoms with Crippen LogP contribution in [0.15, 0.2) is 59.7 Å². The summed E-state index contributed by atoms with van der Waals surface area (Å²) in [6.45, 7) is 0. The van der Waals surface area contributed by atoms with Gasteiger partial charge in [-0.05, 0) is 42.0 Å². The van der Waals surface area contributed by atoms with E-state index in [0.29, 0.717) is 15.2 Å². The second kappa shape index (κ2) is 9.87. The summed E-state index contributed by atoms with van der Waals surface area (Å²) in [5.41, 5.74) is 4.20. The van der Waals surface area contributed by atoms with Gasteiger partial charge in [-0.25, -0.2) is 14.8 Å². The molecule has 0 fully saturated rings. The molecule has 0 aliphatic rings. The molecule has 3 heterocycles. The van der Waals surface area contributed by atoms with Crippen LogP contribution >= 0.6 is 22.9 Å². The number of aliphatic carboxylic acids is 1. The molecule has 0 saturated heterocycles. The largest absolute Gasteiger partial charge is 0.490 e. The van der Waals surface area contributed by atoms with E-state index < -0.39 is 12.1 Å². The highest BCUT2D eigenvalue weighted by Gasteiger charge is 2.38. The first-order valence-electron chi connectivity index (χ1n) is 10.6. The van der Waals surface area contributed by atoms with Crippen molar-refractivity contribution in [2.45, 2.75) is 6.18 Å². The Hall–Kier alpha value is -3.90. The molecule has 0 aliphatic carbocycles. The van der Waals surface area contributed by atoms with Crippen molar-refractivity contribution in [2.24, 2.45) is 7.05 Å². The van der Waals surface area contributed by atoms with E-state index in [4.69, 9.17) is 21.5 Å². The summed E-state index contributed by atoms with van der Waals surface area (Å²) in [7, 11) is 5.90. The lowest BCUT2D eigenvalue weighted by Gasteiger charge is -2.10. The van der Waals surface area contributed by atoms with Gasteiger partial charge < -0.3 is 14.6 Å². The topological polar surface area (TPSA) is 93.3 Å². The molecule has 192 valence electrons. The summed E-state index contributed by atoms with van der Waals surface area (Å²) in [5.74, 6) is -1.90. The number of aromatic nitrogens is 4. The fraction of sp³-hybridized carbons (Fsp3) is 0.167. The molecule has 37 heavy (non-hydrogen) atoms. The molecule has 13 heteroatoms. The van der Waals surface area contributed by atoms with E-state index >= 15 is 0 Å². The molecule has 3 aromatic heterocycles. The molecule has 2 aromatic carbocycles. The summed E-state index contributed by atoms with van der Waals surface area (Å²) >= 11 is 7.43. The number of halogens is 4. The number of hydrogen-bond acceptors (Lipinski definition) is 6. The number of rotatable bonds is 3. The number of thiophene rings is 1. The lowest BCUT2D eigenvalue weighted by Crippen LogP contribution is -2.21. The van der Waals surface area contributed by atoms with Crippen molar-refractivity contribution in [3.63, 3.8) is 0 Å². The average Bonchev–Trinajstić information content (AvgIpc) is 3.41. The van der Waals surface area contributed by atoms with Crippen LogP contribution in [0.4, 0.5) is 19.1 Å². The SMILES string of the molecule is CN(C)c1nc2cc(-n3cnc4cc(-c5ccc(Cl)cc5)sc4c3=O)ccc2n1C.O=C(O)C(F)(F)F. The molecule has 0 unspecified atom stereocenters. The van der Waals surface area contributed by atoms with Crippen molar-refractivity contribution < 1.29 is 23.1 Å². The Morgan fingerprint density at radius 2 is 1.73 bits per heavy atom. The van der Waals surface area contributed by atoms with Crippen LogP contribution in [0.1, 0.15) is 0 Å². The van der Waals surface area contributed by atoms with Gasteiger partial charge >= 0.3 is 12.1 Å². The van der Waals surface area contributed by atoms with Crippen molar-refractivity contribution in [3.05, 3.63) is 70.2 Å². The highest BCUT2D eigenvalue weighted by atomic mass is 35.5. The molecule has 1 N–H and O–H groups in total. The first kappa shape index (κ1) is 26.2. The van der Waals surface area contributed by atoms with E-state index in [0.717, 1.165) is 33.1 Å². The summed E-state index contributed by atoms with van der Waals surface area (Å²) in [6, 6.07) is 15.4. The highest BCUT2D eigenvalue weighted by Crippen LogP contribution is 2.32. The molecule has 5 rings (SSSR count). The smallest absolute Gasteiger partial charge is 0.475 e. The van der Waals surface area contributed by atoms with Gasteiger partial charge in [0, 0.05) is 31.0 Å². The van der Waals surface area contributed by atoms with E-state index in [1.54, 1.807) is 10.9 Å². The van der Waals surface area contributed by atoms with Gasteiger partial charge in [-0.1, -0.05) is 23.7 Å². The van der Waals surface area contributed by atoms with E-state index in [1.807, 2.05) is 79.1 Å². The second-order valence-electron chi connectivity index (χ2n) is 8.09. The van der Waals surface area contributed by atoms with Crippen LogP contribution in [0.5, 0.6) is 0 Å². The van der Waals surface area contributed by atoms with Crippen LogP contribution in [-0.2, 0) is 11.8 Å². The fourth-order valence-corrected chi connectivity index (χ4v) is 4.75. The number of benzene rings is 2. The van der Waals surface area contributed by atoms with Gasteiger partial charge in [0.05, 0.1) is 22.2 Å². The zero-order valence-electron chi connectivity index (χ0n) is 19.6. The van der Waals surface area contributed by atoms with Crippen LogP contribution in [0.2, 0.25) is 5.02 Å². The third-order valence-corrected chi connectivity index (χ3v) is 6.74. The number of carbonyl (C=O) groups is 1. The summed E-state index contributed by atoms with van der Waals surface area (Å²) in [5, 5.41) is 7.81. The maximum atomic E-state index is 13.2. The third-order valence-electron chi connectivity index (χ3n) is 5.33. The molecule has 5 aromatic rings. The Balaban J connectivity index is 0.000000405. The summed E-state index contributed by atoms with van der Waals surface area (Å²) in [6.07, 6.45) is -3.50. The standard InChI is InChI=1S/C22H18ClN5OS.C2HF3O2/c1-26(2)22-25-16-10-15(8-9-18(16)27(22)3)28-12-24-17-11-19(30-20(17)21(28)29)13-4-6-14(23)7-5-13;3-2(4,5)1(6)7/h4-12H,1-3H3;(H,6,7). The monoisotopic (exact) mass is 549 g/mol. The van der Waals surface area contributed by atoms with Crippen molar-refractivity contribution in [3.8, 4) is 16.1 Å². The molecule has 0 saturated carbocycles. The van der Waals surface area contributed by atoms with Crippen LogP contribution in [0, 0.1) is 0 Å². The van der Waals surface area contributed by atoms with Gasteiger partial charge in [0.2, 0.25) is 5.95 Å². The van der Waals surface area contributed by atoms with Crippen molar-refractivity contribution in [1.82, 2.24) is 19.1 Å². The Bertz CT molecular complexity index is 1670. The van der Waals surface area contributed by atoms with Crippen molar-refractivity contribution in [2.75, 3.05) is 19.0 Å². The summed E-state index contributed by atoms with van der Waals surface area (Å²) in [4.78, 5) is 34.3. The number of nitrogens with zero attached hydrogens (tertiary/aromatic N) is 5. The minimum atomic E-state index is -5.08.